The first-order valence-corrected chi connectivity index (χ1v) is 10.3. The van der Waals surface area contributed by atoms with Gasteiger partial charge in [-0.05, 0) is 49.2 Å². The van der Waals surface area contributed by atoms with E-state index in [1.54, 1.807) is 50.4 Å². The Kier molecular flexibility index (Phi) is 6.81. The number of fused-ring (bicyclic) bond motifs is 1. The Morgan fingerprint density at radius 1 is 0.906 bits per heavy atom. The van der Waals surface area contributed by atoms with Crippen LogP contribution in [-0.4, -0.2) is 58.2 Å². The van der Waals surface area contributed by atoms with Gasteiger partial charge in [0.2, 0.25) is 5.91 Å². The summed E-state index contributed by atoms with van der Waals surface area (Å²) in [6, 6.07) is 8.14. The molecule has 2 atom stereocenters. The van der Waals surface area contributed by atoms with Crippen LogP contribution < -0.4 is 24.3 Å². The van der Waals surface area contributed by atoms with Crippen molar-refractivity contribution in [2.75, 3.05) is 35.5 Å². The summed E-state index contributed by atoms with van der Waals surface area (Å²) in [7, 11) is 7.83. The third-order valence-corrected chi connectivity index (χ3v) is 5.64. The maximum Gasteiger partial charge on any atom is 0.254 e. The van der Waals surface area contributed by atoms with Crippen molar-refractivity contribution in [1.29, 1.82) is 0 Å². The first kappa shape index (κ1) is 23.2. The van der Waals surface area contributed by atoms with Crippen LogP contribution in [0.3, 0.4) is 0 Å². The minimum atomic E-state index is -0.673. The number of likely N-dealkylation sites (N-methyl/N-ethyl adjacent to an activating group) is 1. The van der Waals surface area contributed by atoms with E-state index in [0.717, 1.165) is 5.56 Å². The number of nitrogens with zero attached hydrogens (tertiary/aromatic N) is 1. The van der Waals surface area contributed by atoms with Crippen LogP contribution in [0.15, 0.2) is 30.3 Å². The van der Waals surface area contributed by atoms with Gasteiger partial charge in [-0.2, -0.15) is 0 Å². The molecule has 0 aromatic heterocycles. The molecule has 8 nitrogen and oxygen atoms in total. The number of methoxy groups -OCH3 is 4. The van der Waals surface area contributed by atoms with Gasteiger partial charge >= 0.3 is 0 Å². The van der Waals surface area contributed by atoms with Crippen molar-refractivity contribution in [3.05, 3.63) is 47.0 Å². The smallest absolute Gasteiger partial charge is 0.254 e. The number of carbonyl (C=O) groups excluding carboxylic acids is 2. The van der Waals surface area contributed by atoms with Gasteiger partial charge in [0.1, 0.15) is 0 Å². The van der Waals surface area contributed by atoms with E-state index in [2.05, 4.69) is 5.32 Å². The summed E-state index contributed by atoms with van der Waals surface area (Å²) in [6.07, 6.45) is 0. The molecule has 0 unspecified atom stereocenters. The lowest BCUT2D eigenvalue weighted by molar-refractivity contribution is -0.124. The van der Waals surface area contributed by atoms with E-state index in [1.165, 1.54) is 14.2 Å². The Morgan fingerprint density at radius 2 is 1.47 bits per heavy atom. The highest BCUT2D eigenvalue weighted by atomic mass is 16.5. The summed E-state index contributed by atoms with van der Waals surface area (Å²) in [6.45, 7) is 3.80. The zero-order valence-electron chi connectivity index (χ0n) is 19.5. The largest absolute Gasteiger partial charge is 0.493 e. The molecule has 0 spiro atoms. The van der Waals surface area contributed by atoms with Crippen molar-refractivity contribution < 1.29 is 28.5 Å². The number of hydrogen-bond donors (Lipinski definition) is 1. The van der Waals surface area contributed by atoms with Crippen molar-refractivity contribution in [3.8, 4) is 23.0 Å². The van der Waals surface area contributed by atoms with E-state index >= 15 is 0 Å². The third-order valence-electron chi connectivity index (χ3n) is 5.64. The highest BCUT2D eigenvalue weighted by Gasteiger charge is 2.44. The van der Waals surface area contributed by atoms with Gasteiger partial charge in [0.25, 0.3) is 5.91 Å². The summed E-state index contributed by atoms with van der Waals surface area (Å²) < 4.78 is 21.7. The Hall–Kier alpha value is -3.42. The first-order valence-electron chi connectivity index (χ1n) is 10.3. The average Bonchev–Trinajstić information content (AvgIpc) is 2.79. The molecule has 1 N–H and O–H groups in total. The number of rotatable bonds is 7. The molecule has 2 aromatic carbocycles. The Labute approximate surface area is 188 Å². The predicted molar refractivity (Wildman–Crippen MR) is 120 cm³/mol. The van der Waals surface area contributed by atoms with Gasteiger partial charge in [-0.1, -0.05) is 6.07 Å². The molecule has 3 rings (SSSR count). The Bertz CT molecular complexity index is 1020. The lowest BCUT2D eigenvalue weighted by Crippen LogP contribution is -2.46. The summed E-state index contributed by atoms with van der Waals surface area (Å²) >= 11 is 0. The van der Waals surface area contributed by atoms with Crippen LogP contribution in [0, 0.1) is 0 Å². The topological polar surface area (TPSA) is 86.3 Å². The molecule has 1 aliphatic heterocycles. The summed E-state index contributed by atoms with van der Waals surface area (Å²) in [5.41, 5.74) is 1.75. The fourth-order valence-corrected chi connectivity index (χ4v) is 4.16. The monoisotopic (exact) mass is 442 g/mol. The number of ether oxygens (including phenoxy) is 4. The van der Waals surface area contributed by atoms with Crippen LogP contribution >= 0.6 is 0 Å². The fourth-order valence-electron chi connectivity index (χ4n) is 4.16. The van der Waals surface area contributed by atoms with Gasteiger partial charge in [-0.3, -0.25) is 9.59 Å². The van der Waals surface area contributed by atoms with Gasteiger partial charge < -0.3 is 29.2 Å². The zero-order valence-corrected chi connectivity index (χ0v) is 19.5. The van der Waals surface area contributed by atoms with E-state index in [4.69, 9.17) is 18.9 Å². The van der Waals surface area contributed by atoms with Crippen LogP contribution in [0.25, 0.3) is 0 Å². The zero-order chi connectivity index (χ0) is 23.6. The Morgan fingerprint density at radius 3 is 2.03 bits per heavy atom. The van der Waals surface area contributed by atoms with Gasteiger partial charge in [0.15, 0.2) is 23.0 Å². The molecule has 8 heteroatoms. The molecule has 2 amide bonds. The quantitative estimate of drug-likeness (QED) is 0.709. The van der Waals surface area contributed by atoms with E-state index in [0.29, 0.717) is 34.1 Å². The van der Waals surface area contributed by atoms with Gasteiger partial charge in [0.05, 0.1) is 40.4 Å². The van der Waals surface area contributed by atoms with E-state index < -0.39 is 12.0 Å². The lowest BCUT2D eigenvalue weighted by atomic mass is 9.79. The van der Waals surface area contributed by atoms with Gasteiger partial charge in [0, 0.05) is 18.7 Å². The predicted octanol–water partition coefficient (Wildman–Crippen LogP) is 3.16. The van der Waals surface area contributed by atoms with Crippen LogP contribution in [0.5, 0.6) is 23.0 Å². The normalized spacial score (nSPS) is 17.6. The molecule has 0 radical (unpaired) electrons. The maximum absolute atomic E-state index is 13.5. The highest BCUT2D eigenvalue weighted by molar-refractivity contribution is 6.02. The second kappa shape index (κ2) is 9.38. The molecule has 172 valence electrons. The number of amides is 2. The highest BCUT2D eigenvalue weighted by Crippen LogP contribution is 2.46. The standard InChI is InChI=1S/C24H30N2O6/c1-13(2)25-23(27)21-15-11-19(31-6)20(32-7)12-16(15)24(28)26(3)22(21)14-8-9-17(29-4)18(10-14)30-5/h8-13,21-22H,1-7H3,(H,25,27)/t21-,22-/m0/s1. The molecule has 0 saturated heterocycles. The lowest BCUT2D eigenvalue weighted by Gasteiger charge is -2.40. The molecular weight excluding hydrogens is 412 g/mol. The fraction of sp³-hybridized carbons (Fsp3) is 0.417. The number of nitrogens with one attached hydrogen (secondary N) is 1. The van der Waals surface area contributed by atoms with Crippen LogP contribution in [-0.2, 0) is 4.79 Å². The van der Waals surface area contributed by atoms with Crippen molar-refractivity contribution in [2.45, 2.75) is 31.8 Å². The Balaban J connectivity index is 2.25. The maximum atomic E-state index is 13.5. The molecule has 0 saturated carbocycles. The van der Waals surface area contributed by atoms with Gasteiger partial charge in [-0.25, -0.2) is 0 Å². The molecule has 0 bridgehead atoms. The van der Waals surface area contributed by atoms with Gasteiger partial charge in [-0.15, -0.1) is 0 Å². The third kappa shape index (κ3) is 4.04. The van der Waals surface area contributed by atoms with Crippen molar-refractivity contribution >= 4 is 11.8 Å². The van der Waals surface area contributed by atoms with Crippen molar-refractivity contribution in [3.63, 3.8) is 0 Å². The second-order valence-electron chi connectivity index (χ2n) is 7.91. The molecule has 2 aromatic rings. The number of hydrogen-bond acceptors (Lipinski definition) is 6. The summed E-state index contributed by atoms with van der Waals surface area (Å²) in [5, 5.41) is 3.00. The summed E-state index contributed by atoms with van der Waals surface area (Å²) in [4.78, 5) is 28.4. The number of benzene rings is 2. The van der Waals surface area contributed by atoms with Crippen LogP contribution in [0.1, 0.15) is 47.3 Å². The minimum absolute atomic E-state index is 0.0694. The van der Waals surface area contributed by atoms with Crippen LogP contribution in [0.2, 0.25) is 0 Å². The average molecular weight is 443 g/mol. The molecule has 0 fully saturated rings. The molecular formula is C24H30N2O6. The van der Waals surface area contributed by atoms with E-state index in [1.807, 2.05) is 19.9 Å². The molecule has 0 aliphatic carbocycles. The summed E-state index contributed by atoms with van der Waals surface area (Å²) in [5.74, 6) is 0.899. The number of carbonyl (C=O) groups is 2. The minimum Gasteiger partial charge on any atom is -0.493 e. The molecule has 1 heterocycles. The first-order chi connectivity index (χ1) is 15.3. The van der Waals surface area contributed by atoms with E-state index in [-0.39, 0.29) is 17.9 Å². The van der Waals surface area contributed by atoms with Crippen molar-refractivity contribution in [1.82, 2.24) is 10.2 Å². The van der Waals surface area contributed by atoms with E-state index in [9.17, 15) is 9.59 Å². The van der Waals surface area contributed by atoms with Crippen LogP contribution in [0.4, 0.5) is 0 Å². The second-order valence-corrected chi connectivity index (χ2v) is 7.91. The molecule has 1 aliphatic rings. The molecule has 32 heavy (non-hydrogen) atoms. The van der Waals surface area contributed by atoms with Crippen molar-refractivity contribution in [2.24, 2.45) is 0 Å². The SMILES string of the molecule is COc1ccc([C@H]2[C@@H](C(=O)NC(C)C)c3cc(OC)c(OC)cc3C(=O)N2C)cc1OC.